The van der Waals surface area contributed by atoms with Gasteiger partial charge in [-0.3, -0.25) is 0 Å². The normalized spacial score (nSPS) is 25.1. The van der Waals surface area contributed by atoms with E-state index in [9.17, 15) is 0 Å². The second-order valence-corrected chi connectivity index (χ2v) is 6.11. The van der Waals surface area contributed by atoms with E-state index in [0.29, 0.717) is 0 Å². The Morgan fingerprint density at radius 1 is 1.06 bits per heavy atom. The first kappa shape index (κ1) is 14.4. The average molecular weight is 243 g/mol. The molecule has 0 aromatic rings. The molecule has 1 rings (SSSR count). The monoisotopic (exact) mass is 243 g/mol. The first-order valence-electron chi connectivity index (χ1n) is 7.14. The molecule has 2 atom stereocenters. The third kappa shape index (κ3) is 5.58. The van der Waals surface area contributed by atoms with E-state index in [-0.39, 0.29) is 0 Å². The second-order valence-electron chi connectivity index (χ2n) is 5.03. The standard InChI is InChI=1S/C14H29NS/c1-3-4-5-6-7-8-12-15-13-10-9-11-14(13)16-2/h13-15H,3-12H2,1-2H3. The van der Waals surface area contributed by atoms with Crippen molar-refractivity contribution in [2.24, 2.45) is 0 Å². The van der Waals surface area contributed by atoms with E-state index in [1.165, 1.54) is 64.3 Å². The van der Waals surface area contributed by atoms with E-state index < -0.39 is 0 Å². The Hall–Kier alpha value is 0.310. The third-order valence-corrected chi connectivity index (χ3v) is 4.86. The van der Waals surface area contributed by atoms with Gasteiger partial charge < -0.3 is 5.32 Å². The van der Waals surface area contributed by atoms with E-state index in [0.717, 1.165) is 11.3 Å². The van der Waals surface area contributed by atoms with E-state index in [1.54, 1.807) is 0 Å². The molecule has 0 heterocycles. The van der Waals surface area contributed by atoms with E-state index >= 15 is 0 Å². The first-order valence-corrected chi connectivity index (χ1v) is 8.43. The Bertz CT molecular complexity index is 161. The average Bonchev–Trinajstić information content (AvgIpc) is 2.75. The molecule has 0 aliphatic heterocycles. The predicted molar refractivity (Wildman–Crippen MR) is 76.3 cm³/mol. The lowest BCUT2D eigenvalue weighted by Crippen LogP contribution is -2.34. The maximum Gasteiger partial charge on any atom is 0.0198 e. The lowest BCUT2D eigenvalue weighted by molar-refractivity contribution is 0.503. The van der Waals surface area contributed by atoms with Crippen LogP contribution in [0.3, 0.4) is 0 Å². The fraction of sp³-hybridized carbons (Fsp3) is 1.00. The molecular weight excluding hydrogens is 214 g/mol. The lowest BCUT2D eigenvalue weighted by Gasteiger charge is -2.19. The summed E-state index contributed by atoms with van der Waals surface area (Å²) in [6.07, 6.45) is 15.0. The van der Waals surface area contributed by atoms with Gasteiger partial charge in [-0.05, 0) is 32.1 Å². The van der Waals surface area contributed by atoms with Gasteiger partial charge in [-0.25, -0.2) is 0 Å². The number of hydrogen-bond donors (Lipinski definition) is 1. The van der Waals surface area contributed by atoms with Crippen molar-refractivity contribution in [2.75, 3.05) is 12.8 Å². The molecule has 1 saturated carbocycles. The SMILES string of the molecule is CCCCCCCCNC1CCCC1SC. The Balaban J connectivity index is 1.90. The number of rotatable bonds is 9. The predicted octanol–water partition coefficient (Wildman–Crippen LogP) is 4.22. The smallest absolute Gasteiger partial charge is 0.0198 e. The highest BCUT2D eigenvalue weighted by Gasteiger charge is 2.25. The number of nitrogens with one attached hydrogen (secondary N) is 1. The van der Waals surface area contributed by atoms with Gasteiger partial charge >= 0.3 is 0 Å². The summed E-state index contributed by atoms with van der Waals surface area (Å²) in [5.74, 6) is 0. The van der Waals surface area contributed by atoms with Crippen molar-refractivity contribution < 1.29 is 0 Å². The maximum atomic E-state index is 3.75. The molecule has 2 unspecified atom stereocenters. The largest absolute Gasteiger partial charge is 0.313 e. The zero-order valence-electron chi connectivity index (χ0n) is 11.1. The Morgan fingerprint density at radius 2 is 1.81 bits per heavy atom. The number of unbranched alkanes of at least 4 members (excludes halogenated alkanes) is 5. The van der Waals surface area contributed by atoms with Crippen molar-refractivity contribution in [3.63, 3.8) is 0 Å². The summed E-state index contributed by atoms with van der Waals surface area (Å²) in [6, 6.07) is 0.811. The van der Waals surface area contributed by atoms with Gasteiger partial charge in [-0.2, -0.15) is 11.8 Å². The molecule has 0 bridgehead atoms. The highest BCUT2D eigenvalue weighted by Crippen LogP contribution is 2.28. The van der Waals surface area contributed by atoms with Gasteiger partial charge in [0.05, 0.1) is 0 Å². The van der Waals surface area contributed by atoms with E-state index in [2.05, 4.69) is 30.3 Å². The molecule has 1 nitrogen and oxygen atoms in total. The molecule has 96 valence electrons. The number of hydrogen-bond acceptors (Lipinski definition) is 2. The molecule has 1 aliphatic carbocycles. The van der Waals surface area contributed by atoms with Gasteiger partial charge in [0.1, 0.15) is 0 Å². The first-order chi connectivity index (χ1) is 7.88. The molecular formula is C14H29NS. The van der Waals surface area contributed by atoms with E-state index in [4.69, 9.17) is 0 Å². The summed E-state index contributed by atoms with van der Waals surface area (Å²) in [5, 5.41) is 4.64. The minimum atomic E-state index is 0.811. The van der Waals surface area contributed by atoms with Crippen LogP contribution in [0.5, 0.6) is 0 Å². The fourth-order valence-corrected chi connectivity index (χ4v) is 3.60. The maximum absolute atomic E-state index is 3.75. The molecule has 1 fully saturated rings. The second kappa shape index (κ2) is 9.35. The molecule has 0 radical (unpaired) electrons. The van der Waals surface area contributed by atoms with Gasteiger partial charge in [-0.15, -0.1) is 0 Å². The van der Waals surface area contributed by atoms with Crippen molar-refractivity contribution in [1.29, 1.82) is 0 Å². The van der Waals surface area contributed by atoms with Crippen molar-refractivity contribution in [1.82, 2.24) is 5.32 Å². The third-order valence-electron chi connectivity index (χ3n) is 3.69. The highest BCUT2D eigenvalue weighted by atomic mass is 32.2. The van der Waals surface area contributed by atoms with Crippen LogP contribution < -0.4 is 5.32 Å². The van der Waals surface area contributed by atoms with Crippen LogP contribution >= 0.6 is 11.8 Å². The summed E-state index contributed by atoms with van der Waals surface area (Å²) in [5.41, 5.74) is 0. The lowest BCUT2D eigenvalue weighted by atomic mass is 10.1. The van der Waals surface area contributed by atoms with Gasteiger partial charge in [0, 0.05) is 11.3 Å². The summed E-state index contributed by atoms with van der Waals surface area (Å²) in [6.45, 7) is 3.53. The van der Waals surface area contributed by atoms with Crippen molar-refractivity contribution in [3.8, 4) is 0 Å². The minimum Gasteiger partial charge on any atom is -0.313 e. The van der Waals surface area contributed by atoms with Crippen LogP contribution in [0.15, 0.2) is 0 Å². The van der Waals surface area contributed by atoms with Crippen LogP contribution in [0.25, 0.3) is 0 Å². The molecule has 0 spiro atoms. The van der Waals surface area contributed by atoms with E-state index in [1.807, 2.05) is 0 Å². The van der Waals surface area contributed by atoms with Crippen molar-refractivity contribution in [3.05, 3.63) is 0 Å². The Kier molecular flexibility index (Phi) is 8.40. The molecule has 1 N–H and O–H groups in total. The molecule has 0 amide bonds. The zero-order chi connectivity index (χ0) is 11.6. The molecule has 1 aliphatic rings. The van der Waals surface area contributed by atoms with Gasteiger partial charge in [0.25, 0.3) is 0 Å². The zero-order valence-corrected chi connectivity index (χ0v) is 12.0. The molecule has 0 aromatic heterocycles. The Labute approximate surface area is 106 Å². The summed E-state index contributed by atoms with van der Waals surface area (Å²) < 4.78 is 0. The van der Waals surface area contributed by atoms with Gasteiger partial charge in [-0.1, -0.05) is 45.4 Å². The fourth-order valence-electron chi connectivity index (χ4n) is 2.63. The number of thioether (sulfide) groups is 1. The van der Waals surface area contributed by atoms with Crippen LogP contribution in [-0.4, -0.2) is 24.1 Å². The summed E-state index contributed by atoms with van der Waals surface area (Å²) in [7, 11) is 0. The van der Waals surface area contributed by atoms with Gasteiger partial charge in [0.2, 0.25) is 0 Å². The van der Waals surface area contributed by atoms with Crippen LogP contribution in [0.2, 0.25) is 0 Å². The van der Waals surface area contributed by atoms with Crippen LogP contribution in [0.4, 0.5) is 0 Å². The highest BCUT2D eigenvalue weighted by molar-refractivity contribution is 7.99. The van der Waals surface area contributed by atoms with Gasteiger partial charge in [0.15, 0.2) is 0 Å². The Morgan fingerprint density at radius 3 is 2.56 bits per heavy atom. The van der Waals surface area contributed by atoms with Crippen molar-refractivity contribution in [2.45, 2.75) is 76.0 Å². The summed E-state index contributed by atoms with van der Waals surface area (Å²) in [4.78, 5) is 0. The minimum absolute atomic E-state index is 0.811. The molecule has 0 saturated heterocycles. The van der Waals surface area contributed by atoms with Crippen LogP contribution in [0.1, 0.15) is 64.7 Å². The van der Waals surface area contributed by atoms with Crippen LogP contribution in [-0.2, 0) is 0 Å². The summed E-state index contributed by atoms with van der Waals surface area (Å²) >= 11 is 2.05. The van der Waals surface area contributed by atoms with Crippen LogP contribution in [0, 0.1) is 0 Å². The molecule has 16 heavy (non-hydrogen) atoms. The molecule has 2 heteroatoms. The quantitative estimate of drug-likeness (QED) is 0.609. The van der Waals surface area contributed by atoms with Crippen molar-refractivity contribution >= 4 is 11.8 Å². The topological polar surface area (TPSA) is 12.0 Å². The molecule has 0 aromatic carbocycles.